The topological polar surface area (TPSA) is 87.8 Å². The molecule has 5 rings (SSSR count). The Morgan fingerprint density at radius 3 is 2.77 bits per heavy atom. The number of hydrogen-bond donors (Lipinski definition) is 2. The summed E-state index contributed by atoms with van der Waals surface area (Å²) in [6, 6.07) is 11.6. The van der Waals surface area contributed by atoms with E-state index < -0.39 is 5.54 Å². The van der Waals surface area contributed by atoms with Crippen LogP contribution in [-0.4, -0.2) is 26.2 Å². The number of H-pyrrole nitrogens is 1. The van der Waals surface area contributed by atoms with Gasteiger partial charge in [0.05, 0.1) is 28.7 Å². The van der Waals surface area contributed by atoms with E-state index in [0.29, 0.717) is 18.2 Å². The molecule has 2 aromatic carbocycles. The van der Waals surface area contributed by atoms with Gasteiger partial charge >= 0.3 is 0 Å². The van der Waals surface area contributed by atoms with E-state index in [1.807, 2.05) is 47.9 Å². The standard InChI is InChI=1S/C23H23N5O2/c1-5-30-14-10-15-13(2)12-23(3,4)28-20(15)16(11-14)19(21(28)29)26-27-22-24-17-8-6-7-9-18(17)25-22/h6-12,29H,5H2,1-4H3,(H,24,25). The normalized spacial score (nSPS) is 15.3. The number of aromatic nitrogens is 3. The first-order chi connectivity index (χ1) is 14.4. The summed E-state index contributed by atoms with van der Waals surface area (Å²) in [5.74, 6) is 1.21. The van der Waals surface area contributed by atoms with E-state index in [-0.39, 0.29) is 5.88 Å². The number of imidazole rings is 1. The van der Waals surface area contributed by atoms with Gasteiger partial charge in [-0.1, -0.05) is 18.2 Å². The van der Waals surface area contributed by atoms with Crippen molar-refractivity contribution in [3.63, 3.8) is 0 Å². The largest absolute Gasteiger partial charge is 0.494 e. The average Bonchev–Trinajstić information content (AvgIpc) is 3.23. The van der Waals surface area contributed by atoms with Crippen LogP contribution in [0, 0.1) is 0 Å². The maximum atomic E-state index is 11.1. The Hall–Kier alpha value is -3.61. The number of azo groups is 1. The van der Waals surface area contributed by atoms with Crippen molar-refractivity contribution in [2.45, 2.75) is 33.2 Å². The van der Waals surface area contributed by atoms with Gasteiger partial charge in [0.2, 0.25) is 11.8 Å². The first-order valence-electron chi connectivity index (χ1n) is 10.00. The van der Waals surface area contributed by atoms with E-state index in [0.717, 1.165) is 38.8 Å². The molecule has 1 aliphatic heterocycles. The first kappa shape index (κ1) is 18.4. The van der Waals surface area contributed by atoms with Crippen molar-refractivity contribution in [1.29, 1.82) is 0 Å². The maximum absolute atomic E-state index is 11.1. The number of aromatic hydroxyl groups is 1. The molecular weight excluding hydrogens is 378 g/mol. The lowest BCUT2D eigenvalue weighted by Gasteiger charge is -2.31. The molecule has 4 aromatic rings. The number of hydrogen-bond acceptors (Lipinski definition) is 5. The monoisotopic (exact) mass is 401 g/mol. The molecule has 2 N–H and O–H groups in total. The molecule has 0 aliphatic carbocycles. The van der Waals surface area contributed by atoms with Crippen molar-refractivity contribution in [2.75, 3.05) is 6.61 Å². The fourth-order valence-corrected chi connectivity index (χ4v) is 4.33. The minimum atomic E-state index is -0.403. The highest BCUT2D eigenvalue weighted by atomic mass is 16.5. The molecule has 0 amide bonds. The van der Waals surface area contributed by atoms with Gasteiger partial charge in [0.1, 0.15) is 5.75 Å². The lowest BCUT2D eigenvalue weighted by Crippen LogP contribution is -2.26. The molecule has 0 spiro atoms. The zero-order chi connectivity index (χ0) is 21.0. The van der Waals surface area contributed by atoms with Crippen LogP contribution >= 0.6 is 0 Å². The Bertz CT molecular complexity index is 1320. The van der Waals surface area contributed by atoms with Crippen molar-refractivity contribution in [2.24, 2.45) is 10.2 Å². The van der Waals surface area contributed by atoms with Gasteiger partial charge in [0, 0.05) is 10.9 Å². The van der Waals surface area contributed by atoms with Crippen LogP contribution in [0.5, 0.6) is 11.6 Å². The lowest BCUT2D eigenvalue weighted by atomic mass is 9.92. The molecule has 0 saturated heterocycles. The lowest BCUT2D eigenvalue weighted by molar-refractivity contribution is 0.340. The minimum absolute atomic E-state index is 0.0773. The number of nitrogens with one attached hydrogen (secondary N) is 1. The molecule has 0 fully saturated rings. The van der Waals surface area contributed by atoms with Gasteiger partial charge in [-0.05, 0) is 57.5 Å². The van der Waals surface area contributed by atoms with Crippen molar-refractivity contribution in [1.82, 2.24) is 14.5 Å². The third-order valence-electron chi connectivity index (χ3n) is 5.49. The van der Waals surface area contributed by atoms with Crippen molar-refractivity contribution < 1.29 is 9.84 Å². The Labute approximate surface area is 173 Å². The van der Waals surface area contributed by atoms with Gasteiger partial charge in [-0.25, -0.2) is 4.98 Å². The fraction of sp³-hybridized carbons (Fsp3) is 0.261. The number of para-hydroxylation sites is 2. The van der Waals surface area contributed by atoms with Gasteiger partial charge in [-0.3, -0.25) is 0 Å². The Kier molecular flexibility index (Phi) is 3.96. The molecule has 0 bridgehead atoms. The van der Waals surface area contributed by atoms with Crippen LogP contribution in [0.2, 0.25) is 0 Å². The summed E-state index contributed by atoms with van der Waals surface area (Å²) >= 11 is 0. The van der Waals surface area contributed by atoms with Gasteiger partial charge in [0.25, 0.3) is 0 Å². The summed E-state index contributed by atoms with van der Waals surface area (Å²) in [4.78, 5) is 7.58. The minimum Gasteiger partial charge on any atom is -0.494 e. The Balaban J connectivity index is 1.72. The van der Waals surface area contributed by atoms with E-state index in [4.69, 9.17) is 4.74 Å². The zero-order valence-corrected chi connectivity index (χ0v) is 17.4. The van der Waals surface area contributed by atoms with Crippen LogP contribution in [0.4, 0.5) is 11.6 Å². The van der Waals surface area contributed by atoms with E-state index in [1.165, 1.54) is 0 Å². The summed E-state index contributed by atoms with van der Waals surface area (Å²) in [5, 5.41) is 20.6. The Morgan fingerprint density at radius 1 is 1.20 bits per heavy atom. The highest BCUT2D eigenvalue weighted by Crippen LogP contribution is 2.49. The van der Waals surface area contributed by atoms with Crippen LogP contribution < -0.4 is 4.74 Å². The number of ether oxygens (including phenoxy) is 1. The number of rotatable bonds is 4. The molecular formula is C23H23N5O2. The van der Waals surface area contributed by atoms with Crippen molar-refractivity contribution in [3.8, 4) is 11.6 Å². The summed E-state index contributed by atoms with van der Waals surface area (Å²) < 4.78 is 7.69. The third-order valence-corrected chi connectivity index (χ3v) is 5.49. The van der Waals surface area contributed by atoms with E-state index in [1.54, 1.807) is 0 Å². The highest BCUT2D eigenvalue weighted by Gasteiger charge is 2.32. The quantitative estimate of drug-likeness (QED) is 0.400. The second-order valence-electron chi connectivity index (χ2n) is 8.07. The number of allylic oxidation sites excluding steroid dienone is 2. The molecule has 1 aliphatic rings. The smallest absolute Gasteiger partial charge is 0.247 e. The fourth-order valence-electron chi connectivity index (χ4n) is 4.33. The summed E-state index contributed by atoms with van der Waals surface area (Å²) in [6.45, 7) is 8.72. The number of benzene rings is 2. The van der Waals surface area contributed by atoms with Crippen LogP contribution in [0.25, 0.3) is 27.5 Å². The van der Waals surface area contributed by atoms with Crippen LogP contribution in [-0.2, 0) is 5.54 Å². The summed E-state index contributed by atoms with van der Waals surface area (Å²) in [7, 11) is 0. The molecule has 0 radical (unpaired) electrons. The predicted molar refractivity (Wildman–Crippen MR) is 118 cm³/mol. The number of fused-ring (bicyclic) bond motifs is 1. The predicted octanol–water partition coefficient (Wildman–Crippen LogP) is 6.19. The van der Waals surface area contributed by atoms with Gasteiger partial charge in [0.15, 0.2) is 5.69 Å². The SMILES string of the molecule is CCOc1cc2c3c(c1)c(N=Nc1nc4ccccc4[nH]1)c(O)n3C(C)(C)C=C2C. The molecule has 7 heteroatoms. The van der Waals surface area contributed by atoms with Gasteiger partial charge in [-0.15, -0.1) is 10.2 Å². The van der Waals surface area contributed by atoms with E-state index >= 15 is 0 Å². The number of aromatic amines is 1. The molecule has 3 heterocycles. The van der Waals surface area contributed by atoms with Crippen LogP contribution in [0.1, 0.15) is 33.3 Å². The van der Waals surface area contributed by atoms with Crippen molar-refractivity contribution >= 4 is 39.1 Å². The Morgan fingerprint density at radius 2 is 2.00 bits per heavy atom. The summed E-state index contributed by atoms with van der Waals surface area (Å²) in [6.07, 6.45) is 2.14. The molecule has 2 aromatic heterocycles. The number of nitrogens with zero attached hydrogens (tertiary/aromatic N) is 4. The third kappa shape index (κ3) is 2.69. The van der Waals surface area contributed by atoms with Crippen LogP contribution in [0.15, 0.2) is 52.7 Å². The summed E-state index contributed by atoms with van der Waals surface area (Å²) in [5.41, 5.74) is 4.80. The molecule has 0 unspecified atom stereocenters. The molecule has 30 heavy (non-hydrogen) atoms. The molecule has 152 valence electrons. The van der Waals surface area contributed by atoms with Crippen LogP contribution in [0.3, 0.4) is 0 Å². The molecule has 0 atom stereocenters. The maximum Gasteiger partial charge on any atom is 0.247 e. The zero-order valence-electron chi connectivity index (χ0n) is 17.4. The molecule has 0 saturated carbocycles. The van der Waals surface area contributed by atoms with E-state index in [9.17, 15) is 5.11 Å². The second kappa shape index (κ2) is 6.45. The van der Waals surface area contributed by atoms with E-state index in [2.05, 4.69) is 47.0 Å². The first-order valence-corrected chi connectivity index (χ1v) is 10.00. The van der Waals surface area contributed by atoms with Crippen molar-refractivity contribution in [3.05, 3.63) is 48.0 Å². The van der Waals surface area contributed by atoms with Gasteiger partial charge < -0.3 is 19.4 Å². The highest BCUT2D eigenvalue weighted by molar-refractivity contribution is 6.03. The second-order valence-corrected chi connectivity index (χ2v) is 8.07. The average molecular weight is 401 g/mol. The molecule has 7 nitrogen and oxygen atoms in total. The van der Waals surface area contributed by atoms with Gasteiger partial charge in [-0.2, -0.15) is 0 Å².